The zero-order chi connectivity index (χ0) is 16.1. The highest BCUT2D eigenvalue weighted by Crippen LogP contribution is 2.30. The van der Waals surface area contributed by atoms with E-state index in [9.17, 15) is 4.79 Å². The fourth-order valence-electron chi connectivity index (χ4n) is 2.48. The average molecular weight is 316 g/mol. The van der Waals surface area contributed by atoms with Gasteiger partial charge in [-0.05, 0) is 54.2 Å². The third-order valence-corrected chi connectivity index (χ3v) is 4.30. The second-order valence-electron chi connectivity index (χ2n) is 5.51. The van der Waals surface area contributed by atoms with Gasteiger partial charge in [0.05, 0.1) is 0 Å². The Labute approximate surface area is 137 Å². The summed E-state index contributed by atoms with van der Waals surface area (Å²) in [6.45, 7) is 6.45. The van der Waals surface area contributed by atoms with E-state index >= 15 is 0 Å². The number of amides is 1. The summed E-state index contributed by atoms with van der Waals surface area (Å²) < 4.78 is 0. The molecule has 116 valence electrons. The van der Waals surface area contributed by atoms with Crippen LogP contribution in [0, 0.1) is 0 Å². The predicted octanol–water partition coefficient (Wildman–Crippen LogP) is 5.67. The minimum Gasteiger partial charge on any atom is -0.321 e. The van der Waals surface area contributed by atoms with Gasteiger partial charge < -0.3 is 5.32 Å². The number of nitrogens with one attached hydrogen (secondary N) is 1. The molecule has 0 radical (unpaired) electrons. The second-order valence-corrected chi connectivity index (χ2v) is 5.94. The second kappa shape index (κ2) is 7.46. The number of hydrogen-bond donors (Lipinski definition) is 1. The molecular weight excluding hydrogens is 294 g/mol. The van der Waals surface area contributed by atoms with Crippen molar-refractivity contribution >= 4 is 23.2 Å². The normalized spacial score (nSPS) is 12.0. The Balaban J connectivity index is 2.35. The van der Waals surface area contributed by atoms with Crippen molar-refractivity contribution in [3.8, 4) is 0 Å². The molecule has 0 aliphatic carbocycles. The summed E-state index contributed by atoms with van der Waals surface area (Å²) in [5.74, 6) is 0.314. The summed E-state index contributed by atoms with van der Waals surface area (Å²) in [6.07, 6.45) is 1.93. The van der Waals surface area contributed by atoms with E-state index in [2.05, 4.69) is 44.3 Å². The van der Waals surface area contributed by atoms with E-state index in [0.717, 1.165) is 18.5 Å². The molecule has 0 spiro atoms. The number of carbonyl (C=O) groups excluding carboxylic acids is 1. The topological polar surface area (TPSA) is 29.1 Å². The SMILES string of the molecule is CCc1cccc([C@@H](C)CC)c1NC(=O)c1ccc(Cl)cc1. The Morgan fingerprint density at radius 1 is 1.14 bits per heavy atom. The summed E-state index contributed by atoms with van der Waals surface area (Å²) in [5.41, 5.74) is 3.94. The maximum Gasteiger partial charge on any atom is 0.255 e. The van der Waals surface area contributed by atoms with E-state index in [-0.39, 0.29) is 5.91 Å². The van der Waals surface area contributed by atoms with Gasteiger partial charge in [-0.1, -0.05) is 50.6 Å². The lowest BCUT2D eigenvalue weighted by Crippen LogP contribution is -2.15. The van der Waals surface area contributed by atoms with Crippen LogP contribution in [-0.4, -0.2) is 5.91 Å². The quantitative estimate of drug-likeness (QED) is 0.757. The van der Waals surface area contributed by atoms with Crippen LogP contribution in [-0.2, 0) is 6.42 Å². The molecule has 22 heavy (non-hydrogen) atoms. The zero-order valence-corrected chi connectivity index (χ0v) is 14.1. The molecule has 0 saturated heterocycles. The van der Waals surface area contributed by atoms with Crippen molar-refractivity contribution in [2.75, 3.05) is 5.32 Å². The van der Waals surface area contributed by atoms with Crippen molar-refractivity contribution in [1.29, 1.82) is 0 Å². The molecule has 0 unspecified atom stereocenters. The Kier molecular flexibility index (Phi) is 5.62. The van der Waals surface area contributed by atoms with Crippen LogP contribution in [0.5, 0.6) is 0 Å². The van der Waals surface area contributed by atoms with E-state index in [1.807, 2.05) is 0 Å². The molecule has 1 atom stereocenters. The molecule has 0 heterocycles. The molecular formula is C19H22ClNO. The first-order valence-corrected chi connectivity index (χ1v) is 8.13. The van der Waals surface area contributed by atoms with E-state index < -0.39 is 0 Å². The van der Waals surface area contributed by atoms with Gasteiger partial charge in [0.1, 0.15) is 0 Å². The molecule has 1 amide bonds. The first kappa shape index (κ1) is 16.6. The molecule has 0 saturated carbocycles. The predicted molar refractivity (Wildman–Crippen MR) is 93.9 cm³/mol. The third-order valence-electron chi connectivity index (χ3n) is 4.05. The summed E-state index contributed by atoms with van der Waals surface area (Å²) in [4.78, 5) is 12.5. The molecule has 0 aromatic heterocycles. The molecule has 0 aliphatic heterocycles. The van der Waals surface area contributed by atoms with Gasteiger partial charge in [0, 0.05) is 16.3 Å². The van der Waals surface area contributed by atoms with Crippen molar-refractivity contribution in [2.24, 2.45) is 0 Å². The molecule has 0 fully saturated rings. The Morgan fingerprint density at radius 2 is 1.82 bits per heavy atom. The molecule has 2 nitrogen and oxygen atoms in total. The Hall–Kier alpha value is -1.80. The van der Waals surface area contributed by atoms with Crippen LogP contribution < -0.4 is 5.32 Å². The van der Waals surface area contributed by atoms with Crippen LogP contribution in [0.25, 0.3) is 0 Å². The van der Waals surface area contributed by atoms with Gasteiger partial charge in [0.2, 0.25) is 0 Å². The van der Waals surface area contributed by atoms with E-state index in [0.29, 0.717) is 16.5 Å². The van der Waals surface area contributed by atoms with Crippen LogP contribution >= 0.6 is 11.6 Å². The van der Waals surface area contributed by atoms with Gasteiger partial charge in [0.15, 0.2) is 0 Å². The number of para-hydroxylation sites is 1. The van der Waals surface area contributed by atoms with Crippen LogP contribution in [0.2, 0.25) is 5.02 Å². The zero-order valence-electron chi connectivity index (χ0n) is 13.3. The van der Waals surface area contributed by atoms with Crippen LogP contribution in [0.3, 0.4) is 0 Å². The number of rotatable bonds is 5. The van der Waals surface area contributed by atoms with Crippen molar-refractivity contribution in [3.63, 3.8) is 0 Å². The lowest BCUT2D eigenvalue weighted by Gasteiger charge is -2.19. The summed E-state index contributed by atoms with van der Waals surface area (Å²) in [6, 6.07) is 13.2. The molecule has 0 bridgehead atoms. The monoisotopic (exact) mass is 315 g/mol. The fourth-order valence-corrected chi connectivity index (χ4v) is 2.61. The molecule has 0 aliphatic rings. The van der Waals surface area contributed by atoms with Gasteiger partial charge in [-0.15, -0.1) is 0 Å². The molecule has 3 heteroatoms. The van der Waals surface area contributed by atoms with Gasteiger partial charge in [-0.3, -0.25) is 4.79 Å². The lowest BCUT2D eigenvalue weighted by atomic mass is 9.93. The summed E-state index contributed by atoms with van der Waals surface area (Å²) >= 11 is 5.88. The first-order chi connectivity index (χ1) is 10.6. The maximum absolute atomic E-state index is 12.5. The highest BCUT2D eigenvalue weighted by molar-refractivity contribution is 6.30. The fraction of sp³-hybridized carbons (Fsp3) is 0.316. The number of aryl methyl sites for hydroxylation is 1. The third kappa shape index (κ3) is 3.69. The highest BCUT2D eigenvalue weighted by atomic mass is 35.5. The Bertz CT molecular complexity index is 649. The number of benzene rings is 2. The molecule has 2 aromatic rings. The smallest absolute Gasteiger partial charge is 0.255 e. The van der Waals surface area contributed by atoms with Crippen molar-refractivity contribution < 1.29 is 4.79 Å². The largest absolute Gasteiger partial charge is 0.321 e. The van der Waals surface area contributed by atoms with E-state index in [1.165, 1.54) is 11.1 Å². The number of carbonyl (C=O) groups is 1. The minimum atomic E-state index is -0.0953. The van der Waals surface area contributed by atoms with Crippen molar-refractivity contribution in [3.05, 3.63) is 64.2 Å². The lowest BCUT2D eigenvalue weighted by molar-refractivity contribution is 0.102. The Morgan fingerprint density at radius 3 is 2.41 bits per heavy atom. The van der Waals surface area contributed by atoms with E-state index in [4.69, 9.17) is 11.6 Å². The van der Waals surface area contributed by atoms with Gasteiger partial charge in [-0.25, -0.2) is 0 Å². The van der Waals surface area contributed by atoms with Crippen LogP contribution in [0.4, 0.5) is 5.69 Å². The number of halogens is 1. The summed E-state index contributed by atoms with van der Waals surface area (Å²) in [5, 5.41) is 3.73. The number of anilines is 1. The van der Waals surface area contributed by atoms with Crippen LogP contribution in [0.1, 0.15) is 54.6 Å². The standard InChI is InChI=1S/C19H22ClNO/c1-4-13(3)17-8-6-7-14(5-2)18(17)21-19(22)15-9-11-16(20)12-10-15/h6-13H,4-5H2,1-3H3,(H,21,22)/t13-/m0/s1. The minimum absolute atomic E-state index is 0.0953. The van der Waals surface area contributed by atoms with Gasteiger partial charge >= 0.3 is 0 Å². The average Bonchev–Trinajstić information content (AvgIpc) is 2.54. The van der Waals surface area contributed by atoms with Gasteiger partial charge in [0.25, 0.3) is 5.91 Å². The van der Waals surface area contributed by atoms with E-state index in [1.54, 1.807) is 24.3 Å². The highest BCUT2D eigenvalue weighted by Gasteiger charge is 2.15. The van der Waals surface area contributed by atoms with Crippen LogP contribution in [0.15, 0.2) is 42.5 Å². The molecule has 2 rings (SSSR count). The van der Waals surface area contributed by atoms with Gasteiger partial charge in [-0.2, -0.15) is 0 Å². The van der Waals surface area contributed by atoms with Crippen molar-refractivity contribution in [2.45, 2.75) is 39.5 Å². The first-order valence-electron chi connectivity index (χ1n) is 7.75. The summed E-state index contributed by atoms with van der Waals surface area (Å²) in [7, 11) is 0. The maximum atomic E-state index is 12.5. The molecule has 2 aromatic carbocycles. The molecule has 1 N–H and O–H groups in total. The van der Waals surface area contributed by atoms with Crippen molar-refractivity contribution in [1.82, 2.24) is 0 Å². The number of hydrogen-bond acceptors (Lipinski definition) is 1.